The first kappa shape index (κ1) is 15.8. The molecule has 1 saturated heterocycles. The van der Waals surface area contributed by atoms with E-state index < -0.39 is 0 Å². The summed E-state index contributed by atoms with van der Waals surface area (Å²) in [5.74, 6) is 0.0518. The third-order valence-corrected chi connectivity index (χ3v) is 4.37. The molecular formula is C20H23NO2. The summed E-state index contributed by atoms with van der Waals surface area (Å²) in [6.07, 6.45) is 5.95. The van der Waals surface area contributed by atoms with E-state index in [0.717, 1.165) is 25.0 Å². The molecule has 1 atom stereocenters. The number of carbonyl (C=O) groups excluding carboxylic acids is 1. The fraction of sp³-hybridized carbons (Fsp3) is 0.350. The Morgan fingerprint density at radius 3 is 2.87 bits per heavy atom. The van der Waals surface area contributed by atoms with Crippen LogP contribution >= 0.6 is 0 Å². The van der Waals surface area contributed by atoms with Gasteiger partial charge < -0.3 is 9.64 Å². The molecule has 1 unspecified atom stereocenters. The van der Waals surface area contributed by atoms with Crippen LogP contribution in [0.15, 0.2) is 48.5 Å². The summed E-state index contributed by atoms with van der Waals surface area (Å²) in [6, 6.07) is 14.4. The monoisotopic (exact) mass is 309 g/mol. The van der Waals surface area contributed by atoms with Gasteiger partial charge in [-0.3, -0.25) is 4.79 Å². The SMILES string of the molecule is CCN(CC1CCCO1)C(=O)C=Cc1cccc2ccccc12. The molecule has 1 fully saturated rings. The van der Waals surface area contributed by atoms with Crippen LogP contribution in [0.1, 0.15) is 25.3 Å². The van der Waals surface area contributed by atoms with Crippen LogP contribution in [0.4, 0.5) is 0 Å². The standard InChI is InChI=1S/C20H23NO2/c1-2-21(15-18-10-6-14-23-18)20(22)13-12-17-9-5-8-16-7-3-4-11-19(16)17/h3-5,7-9,11-13,18H,2,6,10,14-15H2,1H3. The summed E-state index contributed by atoms with van der Waals surface area (Å²) in [7, 11) is 0. The Hall–Kier alpha value is -2.13. The van der Waals surface area contributed by atoms with Crippen molar-refractivity contribution in [1.82, 2.24) is 4.90 Å². The smallest absolute Gasteiger partial charge is 0.246 e. The van der Waals surface area contributed by atoms with Gasteiger partial charge in [0, 0.05) is 25.8 Å². The maximum atomic E-state index is 12.5. The number of rotatable bonds is 5. The van der Waals surface area contributed by atoms with Crippen molar-refractivity contribution in [3.63, 3.8) is 0 Å². The van der Waals surface area contributed by atoms with E-state index in [1.807, 2.05) is 42.2 Å². The highest BCUT2D eigenvalue weighted by molar-refractivity contribution is 5.96. The van der Waals surface area contributed by atoms with E-state index in [4.69, 9.17) is 4.74 Å². The molecule has 23 heavy (non-hydrogen) atoms. The van der Waals surface area contributed by atoms with Gasteiger partial charge in [-0.25, -0.2) is 0 Å². The van der Waals surface area contributed by atoms with E-state index in [0.29, 0.717) is 13.1 Å². The first-order chi connectivity index (χ1) is 11.3. The molecule has 2 aromatic rings. The third-order valence-electron chi connectivity index (χ3n) is 4.37. The van der Waals surface area contributed by atoms with Crippen molar-refractivity contribution >= 4 is 22.8 Å². The summed E-state index contributed by atoms with van der Waals surface area (Å²) in [4.78, 5) is 14.3. The summed E-state index contributed by atoms with van der Waals surface area (Å²) >= 11 is 0. The van der Waals surface area contributed by atoms with Crippen molar-refractivity contribution in [2.45, 2.75) is 25.9 Å². The maximum Gasteiger partial charge on any atom is 0.246 e. The molecule has 3 heteroatoms. The van der Waals surface area contributed by atoms with Crippen LogP contribution < -0.4 is 0 Å². The zero-order valence-corrected chi connectivity index (χ0v) is 13.6. The van der Waals surface area contributed by atoms with Gasteiger partial charge in [0.2, 0.25) is 5.91 Å². The van der Waals surface area contributed by atoms with Crippen LogP contribution in [0.5, 0.6) is 0 Å². The highest BCUT2D eigenvalue weighted by atomic mass is 16.5. The molecule has 0 aliphatic carbocycles. The molecular weight excluding hydrogens is 286 g/mol. The fourth-order valence-electron chi connectivity index (χ4n) is 3.07. The Balaban J connectivity index is 1.73. The lowest BCUT2D eigenvalue weighted by Gasteiger charge is -2.22. The molecule has 0 bridgehead atoms. The van der Waals surface area contributed by atoms with Crippen LogP contribution in [-0.2, 0) is 9.53 Å². The molecule has 1 amide bonds. The molecule has 0 aromatic heterocycles. The topological polar surface area (TPSA) is 29.5 Å². The molecule has 120 valence electrons. The zero-order chi connectivity index (χ0) is 16.1. The number of ether oxygens (including phenoxy) is 1. The first-order valence-corrected chi connectivity index (χ1v) is 8.34. The lowest BCUT2D eigenvalue weighted by Crippen LogP contribution is -2.36. The van der Waals surface area contributed by atoms with E-state index in [1.165, 1.54) is 10.8 Å². The van der Waals surface area contributed by atoms with Crippen molar-refractivity contribution < 1.29 is 9.53 Å². The minimum absolute atomic E-state index is 0.0518. The fourth-order valence-corrected chi connectivity index (χ4v) is 3.07. The Kier molecular flexibility index (Phi) is 5.09. The number of benzene rings is 2. The van der Waals surface area contributed by atoms with Crippen LogP contribution in [0.2, 0.25) is 0 Å². The minimum Gasteiger partial charge on any atom is -0.376 e. The quantitative estimate of drug-likeness (QED) is 0.784. The second-order valence-corrected chi connectivity index (χ2v) is 5.91. The van der Waals surface area contributed by atoms with Crippen LogP contribution in [0, 0.1) is 0 Å². The van der Waals surface area contributed by atoms with E-state index >= 15 is 0 Å². The average Bonchev–Trinajstić information content (AvgIpc) is 3.10. The van der Waals surface area contributed by atoms with Crippen molar-refractivity contribution in [2.75, 3.05) is 19.7 Å². The molecule has 1 heterocycles. The van der Waals surface area contributed by atoms with Gasteiger partial charge in [-0.05, 0) is 42.2 Å². The van der Waals surface area contributed by atoms with Gasteiger partial charge in [0.15, 0.2) is 0 Å². The van der Waals surface area contributed by atoms with Crippen molar-refractivity contribution in [1.29, 1.82) is 0 Å². The minimum atomic E-state index is 0.0518. The van der Waals surface area contributed by atoms with Crippen LogP contribution in [0.3, 0.4) is 0 Å². The number of fused-ring (bicyclic) bond motifs is 1. The number of amides is 1. The largest absolute Gasteiger partial charge is 0.376 e. The summed E-state index contributed by atoms with van der Waals surface area (Å²) < 4.78 is 5.64. The zero-order valence-electron chi connectivity index (χ0n) is 13.6. The van der Waals surface area contributed by atoms with E-state index in [1.54, 1.807) is 6.08 Å². The molecule has 3 rings (SSSR count). The summed E-state index contributed by atoms with van der Waals surface area (Å²) in [6.45, 7) is 4.23. The van der Waals surface area contributed by atoms with Gasteiger partial charge in [0.25, 0.3) is 0 Å². The van der Waals surface area contributed by atoms with Gasteiger partial charge in [0.1, 0.15) is 0 Å². The Morgan fingerprint density at radius 1 is 1.26 bits per heavy atom. The van der Waals surface area contributed by atoms with Crippen LogP contribution in [-0.4, -0.2) is 36.6 Å². The molecule has 1 aliphatic rings. The van der Waals surface area contributed by atoms with E-state index in [2.05, 4.69) is 18.2 Å². The highest BCUT2D eigenvalue weighted by Gasteiger charge is 2.20. The number of carbonyl (C=O) groups is 1. The molecule has 2 aromatic carbocycles. The summed E-state index contributed by atoms with van der Waals surface area (Å²) in [5, 5.41) is 2.36. The average molecular weight is 309 g/mol. The van der Waals surface area contributed by atoms with Crippen molar-refractivity contribution in [3.8, 4) is 0 Å². The predicted molar refractivity (Wildman–Crippen MR) is 94.2 cm³/mol. The lowest BCUT2D eigenvalue weighted by molar-refractivity contribution is -0.127. The van der Waals surface area contributed by atoms with E-state index in [9.17, 15) is 4.79 Å². The van der Waals surface area contributed by atoms with Crippen molar-refractivity contribution in [3.05, 3.63) is 54.1 Å². The Morgan fingerprint density at radius 2 is 2.09 bits per heavy atom. The highest BCUT2D eigenvalue weighted by Crippen LogP contribution is 2.20. The number of likely N-dealkylation sites (N-methyl/N-ethyl adjacent to an activating group) is 1. The molecule has 0 spiro atoms. The van der Waals surface area contributed by atoms with Crippen molar-refractivity contribution in [2.24, 2.45) is 0 Å². The molecule has 0 saturated carbocycles. The van der Waals surface area contributed by atoms with Gasteiger partial charge in [-0.1, -0.05) is 42.5 Å². The maximum absolute atomic E-state index is 12.5. The van der Waals surface area contributed by atoms with Gasteiger partial charge in [-0.2, -0.15) is 0 Å². The second kappa shape index (κ2) is 7.42. The van der Waals surface area contributed by atoms with E-state index in [-0.39, 0.29) is 12.0 Å². The number of nitrogens with zero attached hydrogens (tertiary/aromatic N) is 1. The molecule has 0 N–H and O–H groups in total. The summed E-state index contributed by atoms with van der Waals surface area (Å²) in [5.41, 5.74) is 1.07. The van der Waals surface area contributed by atoms with Gasteiger partial charge >= 0.3 is 0 Å². The molecule has 0 radical (unpaired) electrons. The Labute approximate surface area is 137 Å². The first-order valence-electron chi connectivity index (χ1n) is 8.34. The van der Waals surface area contributed by atoms with Gasteiger partial charge in [-0.15, -0.1) is 0 Å². The molecule has 3 nitrogen and oxygen atoms in total. The molecule has 1 aliphatic heterocycles. The Bertz CT molecular complexity index is 696. The predicted octanol–water partition coefficient (Wildman–Crippen LogP) is 3.88. The third kappa shape index (κ3) is 3.80. The number of hydrogen-bond donors (Lipinski definition) is 0. The second-order valence-electron chi connectivity index (χ2n) is 5.91. The normalized spacial score (nSPS) is 17.9. The van der Waals surface area contributed by atoms with Crippen LogP contribution in [0.25, 0.3) is 16.8 Å². The van der Waals surface area contributed by atoms with Gasteiger partial charge in [0.05, 0.1) is 6.10 Å². The lowest BCUT2D eigenvalue weighted by atomic mass is 10.0. The number of hydrogen-bond acceptors (Lipinski definition) is 2.